The zero-order valence-electron chi connectivity index (χ0n) is 12.1. The van der Waals surface area contributed by atoms with Crippen molar-refractivity contribution < 1.29 is 9.90 Å². The third kappa shape index (κ3) is 3.23. The minimum Gasteiger partial charge on any atom is -0.481 e. The first-order valence-electron chi connectivity index (χ1n) is 7.19. The van der Waals surface area contributed by atoms with Gasteiger partial charge in [0.05, 0.1) is 16.8 Å². The zero-order chi connectivity index (χ0) is 14.6. The van der Waals surface area contributed by atoms with E-state index in [0.717, 1.165) is 37.1 Å². The lowest BCUT2D eigenvalue weighted by Gasteiger charge is -2.28. The van der Waals surface area contributed by atoms with Gasteiger partial charge in [-0.25, -0.2) is 4.98 Å². The van der Waals surface area contributed by atoms with E-state index in [0.29, 0.717) is 25.3 Å². The van der Waals surface area contributed by atoms with E-state index in [1.165, 1.54) is 0 Å². The highest BCUT2D eigenvalue weighted by Crippen LogP contribution is 2.35. The summed E-state index contributed by atoms with van der Waals surface area (Å²) in [6, 6.07) is 0. The van der Waals surface area contributed by atoms with Gasteiger partial charge < -0.3 is 10.4 Å². The van der Waals surface area contributed by atoms with Crippen LogP contribution in [0.3, 0.4) is 0 Å². The largest absolute Gasteiger partial charge is 0.481 e. The maximum absolute atomic E-state index is 11.7. The van der Waals surface area contributed by atoms with Gasteiger partial charge in [-0.05, 0) is 26.7 Å². The fraction of sp³-hybridized carbons (Fsp3) is 0.714. The van der Waals surface area contributed by atoms with Gasteiger partial charge in [-0.1, -0.05) is 25.7 Å². The van der Waals surface area contributed by atoms with Crippen molar-refractivity contribution in [2.45, 2.75) is 52.4 Å². The summed E-state index contributed by atoms with van der Waals surface area (Å²) in [6.07, 6.45) is 5.62. The first-order valence-corrected chi connectivity index (χ1v) is 7.19. The van der Waals surface area contributed by atoms with Crippen molar-refractivity contribution in [3.8, 4) is 0 Å². The van der Waals surface area contributed by atoms with E-state index in [4.69, 9.17) is 0 Å². The molecule has 1 heterocycles. The molecule has 6 heteroatoms. The molecule has 2 rings (SSSR count). The molecule has 1 aliphatic carbocycles. The summed E-state index contributed by atoms with van der Waals surface area (Å²) in [6.45, 7) is 4.09. The SMILES string of the molecule is Cc1nnc(NCC2(C(=O)O)CCCCCC2)nc1C. The second-order valence-corrected chi connectivity index (χ2v) is 5.66. The molecular formula is C14H22N4O2. The Balaban J connectivity index is 2.08. The summed E-state index contributed by atoms with van der Waals surface area (Å²) in [4.78, 5) is 16.0. The molecular weight excluding hydrogens is 256 g/mol. The molecule has 0 spiro atoms. The van der Waals surface area contributed by atoms with E-state index in [1.807, 2.05) is 13.8 Å². The maximum atomic E-state index is 11.7. The Kier molecular flexibility index (Phi) is 4.52. The molecule has 0 radical (unpaired) electrons. The van der Waals surface area contributed by atoms with Gasteiger partial charge >= 0.3 is 5.97 Å². The Bertz CT molecular complexity index is 482. The Labute approximate surface area is 119 Å². The lowest BCUT2D eigenvalue weighted by Crippen LogP contribution is -2.38. The van der Waals surface area contributed by atoms with Gasteiger partial charge in [0.15, 0.2) is 0 Å². The summed E-state index contributed by atoms with van der Waals surface area (Å²) >= 11 is 0. The number of hydrogen-bond donors (Lipinski definition) is 2. The van der Waals surface area contributed by atoms with Crippen molar-refractivity contribution in [3.63, 3.8) is 0 Å². The van der Waals surface area contributed by atoms with E-state index >= 15 is 0 Å². The van der Waals surface area contributed by atoms with Gasteiger partial charge in [0.2, 0.25) is 5.95 Å². The molecule has 1 aliphatic rings. The molecule has 110 valence electrons. The maximum Gasteiger partial charge on any atom is 0.311 e. The molecule has 1 aromatic rings. The molecule has 0 saturated heterocycles. The fourth-order valence-electron chi connectivity index (χ4n) is 2.65. The predicted octanol–water partition coefficient (Wildman–Crippen LogP) is 2.33. The minimum absolute atomic E-state index is 0.368. The minimum atomic E-state index is -0.719. The normalized spacial score (nSPS) is 18.3. The van der Waals surface area contributed by atoms with Gasteiger partial charge in [0.25, 0.3) is 0 Å². The van der Waals surface area contributed by atoms with Crippen LogP contribution in [0, 0.1) is 19.3 Å². The molecule has 0 atom stereocenters. The molecule has 0 aliphatic heterocycles. The van der Waals surface area contributed by atoms with Gasteiger partial charge in [-0.15, -0.1) is 5.10 Å². The Morgan fingerprint density at radius 1 is 1.15 bits per heavy atom. The quantitative estimate of drug-likeness (QED) is 0.822. The molecule has 20 heavy (non-hydrogen) atoms. The average Bonchev–Trinajstić information content (AvgIpc) is 2.67. The number of carboxylic acid groups (broad SMARTS) is 1. The molecule has 1 fully saturated rings. The van der Waals surface area contributed by atoms with E-state index < -0.39 is 11.4 Å². The topological polar surface area (TPSA) is 88.0 Å². The summed E-state index contributed by atoms with van der Waals surface area (Å²) in [5, 5.41) is 20.6. The number of rotatable bonds is 4. The number of nitrogens with zero attached hydrogens (tertiary/aromatic N) is 3. The summed E-state index contributed by atoms with van der Waals surface area (Å²) in [5.74, 6) is -0.304. The van der Waals surface area contributed by atoms with Crippen molar-refractivity contribution in [3.05, 3.63) is 11.4 Å². The van der Waals surface area contributed by atoms with Crippen molar-refractivity contribution in [2.24, 2.45) is 5.41 Å². The van der Waals surface area contributed by atoms with Crippen LogP contribution in [0.1, 0.15) is 49.9 Å². The highest BCUT2D eigenvalue weighted by atomic mass is 16.4. The van der Waals surface area contributed by atoms with Crippen LogP contribution in [0.4, 0.5) is 5.95 Å². The zero-order valence-corrected chi connectivity index (χ0v) is 12.1. The van der Waals surface area contributed by atoms with E-state index in [9.17, 15) is 9.90 Å². The van der Waals surface area contributed by atoms with E-state index in [-0.39, 0.29) is 0 Å². The van der Waals surface area contributed by atoms with E-state index in [2.05, 4.69) is 20.5 Å². The Morgan fingerprint density at radius 2 is 1.80 bits per heavy atom. The first kappa shape index (κ1) is 14.7. The Hall–Kier alpha value is -1.72. The smallest absolute Gasteiger partial charge is 0.311 e. The predicted molar refractivity (Wildman–Crippen MR) is 75.6 cm³/mol. The molecule has 6 nitrogen and oxygen atoms in total. The lowest BCUT2D eigenvalue weighted by atomic mass is 9.80. The van der Waals surface area contributed by atoms with Crippen LogP contribution in [-0.2, 0) is 4.79 Å². The molecule has 0 amide bonds. The van der Waals surface area contributed by atoms with Crippen LogP contribution >= 0.6 is 0 Å². The molecule has 0 unspecified atom stereocenters. The van der Waals surface area contributed by atoms with Gasteiger partial charge in [-0.2, -0.15) is 5.10 Å². The molecule has 1 saturated carbocycles. The molecule has 0 bridgehead atoms. The van der Waals surface area contributed by atoms with Crippen molar-refractivity contribution >= 4 is 11.9 Å². The number of carbonyl (C=O) groups is 1. The second kappa shape index (κ2) is 6.15. The van der Waals surface area contributed by atoms with Crippen LogP contribution in [0.2, 0.25) is 0 Å². The van der Waals surface area contributed by atoms with Crippen LogP contribution in [0.5, 0.6) is 0 Å². The van der Waals surface area contributed by atoms with Gasteiger partial charge in [0, 0.05) is 6.54 Å². The van der Waals surface area contributed by atoms with Crippen LogP contribution in [-0.4, -0.2) is 32.8 Å². The molecule has 1 aromatic heterocycles. The Morgan fingerprint density at radius 3 is 2.35 bits per heavy atom. The van der Waals surface area contributed by atoms with E-state index in [1.54, 1.807) is 0 Å². The highest BCUT2D eigenvalue weighted by Gasteiger charge is 2.38. The highest BCUT2D eigenvalue weighted by molar-refractivity contribution is 5.75. The third-order valence-electron chi connectivity index (χ3n) is 4.19. The average molecular weight is 278 g/mol. The first-order chi connectivity index (χ1) is 9.53. The number of aryl methyl sites for hydroxylation is 2. The molecule has 0 aromatic carbocycles. The number of aromatic nitrogens is 3. The number of nitrogens with one attached hydrogen (secondary N) is 1. The standard InChI is InChI=1S/C14H22N4O2/c1-10-11(2)17-18-13(16-10)15-9-14(12(19)20)7-5-3-4-6-8-14/h3-9H2,1-2H3,(H,19,20)(H,15,16,18). The van der Waals surface area contributed by atoms with Gasteiger partial charge in [0.1, 0.15) is 0 Å². The van der Waals surface area contributed by atoms with Crippen LogP contribution in [0.15, 0.2) is 0 Å². The summed E-state index contributed by atoms with van der Waals surface area (Å²) in [5.41, 5.74) is 0.907. The van der Waals surface area contributed by atoms with Gasteiger partial charge in [-0.3, -0.25) is 4.79 Å². The number of anilines is 1. The van der Waals surface area contributed by atoms with Crippen LogP contribution in [0.25, 0.3) is 0 Å². The van der Waals surface area contributed by atoms with Crippen molar-refractivity contribution in [1.82, 2.24) is 15.2 Å². The fourth-order valence-corrected chi connectivity index (χ4v) is 2.65. The van der Waals surface area contributed by atoms with Crippen LogP contribution < -0.4 is 5.32 Å². The monoisotopic (exact) mass is 278 g/mol. The molecule has 2 N–H and O–H groups in total. The number of hydrogen-bond acceptors (Lipinski definition) is 5. The number of carboxylic acids is 1. The number of aliphatic carboxylic acids is 1. The second-order valence-electron chi connectivity index (χ2n) is 5.66. The third-order valence-corrected chi connectivity index (χ3v) is 4.19. The summed E-state index contributed by atoms with van der Waals surface area (Å²) in [7, 11) is 0. The lowest BCUT2D eigenvalue weighted by molar-refractivity contribution is -0.149. The summed E-state index contributed by atoms with van der Waals surface area (Å²) < 4.78 is 0. The van der Waals surface area contributed by atoms with Crippen molar-refractivity contribution in [2.75, 3.05) is 11.9 Å². The van der Waals surface area contributed by atoms with Crippen molar-refractivity contribution in [1.29, 1.82) is 0 Å².